The van der Waals surface area contributed by atoms with Gasteiger partial charge in [-0.1, -0.05) is 97.1 Å². The molecule has 268 valence electrons. The number of hydrogen-bond donors (Lipinski definition) is 0. The van der Waals surface area contributed by atoms with Gasteiger partial charge in [0.25, 0.3) is 0 Å². The fraction of sp³-hybridized carbons (Fsp3) is 0. The Balaban J connectivity index is 0.963. The van der Waals surface area contributed by atoms with Gasteiger partial charge in [0.1, 0.15) is 0 Å². The summed E-state index contributed by atoms with van der Waals surface area (Å²) in [7, 11) is 0. The molecule has 0 aliphatic carbocycles. The Bertz CT molecular complexity index is 3950. The van der Waals surface area contributed by atoms with Gasteiger partial charge in [0.05, 0.1) is 26.9 Å². The smallest absolute Gasteiger partial charge is 0.160 e. The van der Waals surface area contributed by atoms with E-state index in [2.05, 4.69) is 168 Å². The first-order valence-corrected chi connectivity index (χ1v) is 21.9. The molecule has 3 nitrogen and oxygen atoms in total. The minimum Gasteiger partial charge on any atom is -0.309 e. The van der Waals surface area contributed by atoms with Crippen molar-refractivity contribution in [1.82, 2.24) is 14.5 Å². The highest BCUT2D eigenvalue weighted by Gasteiger charge is 2.22. The van der Waals surface area contributed by atoms with Crippen molar-refractivity contribution in [3.05, 3.63) is 164 Å². The van der Waals surface area contributed by atoms with Gasteiger partial charge in [-0.05, 0) is 88.3 Å². The average Bonchev–Trinajstić information content (AvgIpc) is 3.92. The molecule has 0 unspecified atom stereocenters. The summed E-state index contributed by atoms with van der Waals surface area (Å²) in [4.78, 5) is 10.7. The zero-order chi connectivity index (χ0) is 37.6. The van der Waals surface area contributed by atoms with E-state index in [-0.39, 0.29) is 0 Å². The van der Waals surface area contributed by atoms with Gasteiger partial charge in [-0.3, -0.25) is 0 Å². The number of nitrogens with zero attached hydrogens (tertiary/aromatic N) is 3. The molecular formula is C52H27N3S3. The van der Waals surface area contributed by atoms with E-state index in [1.165, 1.54) is 88.4 Å². The lowest BCUT2D eigenvalue weighted by Gasteiger charge is -2.12. The van der Waals surface area contributed by atoms with Crippen LogP contribution in [0.2, 0.25) is 0 Å². The van der Waals surface area contributed by atoms with E-state index in [1.54, 1.807) is 11.3 Å². The van der Waals surface area contributed by atoms with Gasteiger partial charge in [0.15, 0.2) is 5.82 Å². The Kier molecular flexibility index (Phi) is 6.20. The summed E-state index contributed by atoms with van der Waals surface area (Å²) in [6, 6.07) is 60.4. The molecule has 14 rings (SSSR count). The normalized spacial score (nSPS) is 12.5. The van der Waals surface area contributed by atoms with Gasteiger partial charge in [-0.2, -0.15) is 0 Å². The van der Waals surface area contributed by atoms with Gasteiger partial charge in [-0.15, -0.1) is 34.0 Å². The van der Waals surface area contributed by atoms with Crippen molar-refractivity contribution >= 4 is 138 Å². The second kappa shape index (κ2) is 11.5. The average molecular weight is 790 g/mol. The van der Waals surface area contributed by atoms with Gasteiger partial charge < -0.3 is 4.57 Å². The lowest BCUT2D eigenvalue weighted by Crippen LogP contribution is -1.95. The van der Waals surface area contributed by atoms with Crippen LogP contribution in [0.15, 0.2) is 164 Å². The lowest BCUT2D eigenvalue weighted by molar-refractivity contribution is 1.19. The van der Waals surface area contributed by atoms with Gasteiger partial charge in [0.2, 0.25) is 0 Å². The van der Waals surface area contributed by atoms with E-state index in [1.807, 2.05) is 22.7 Å². The summed E-state index contributed by atoms with van der Waals surface area (Å²) in [5, 5.41) is 14.0. The molecule has 0 aliphatic heterocycles. The Morgan fingerprint density at radius 3 is 1.76 bits per heavy atom. The zero-order valence-electron chi connectivity index (χ0n) is 30.7. The van der Waals surface area contributed by atoms with Crippen LogP contribution in [0.3, 0.4) is 0 Å². The highest BCUT2D eigenvalue weighted by atomic mass is 32.1. The predicted molar refractivity (Wildman–Crippen MR) is 252 cm³/mol. The topological polar surface area (TPSA) is 30.7 Å². The molecule has 5 aromatic heterocycles. The van der Waals surface area contributed by atoms with E-state index < -0.39 is 0 Å². The Morgan fingerprint density at radius 1 is 0.379 bits per heavy atom. The molecule has 0 spiro atoms. The van der Waals surface area contributed by atoms with Crippen LogP contribution in [0.25, 0.3) is 132 Å². The fourth-order valence-electron chi connectivity index (χ4n) is 9.54. The van der Waals surface area contributed by atoms with Gasteiger partial charge in [-0.25, -0.2) is 9.97 Å². The second-order valence-electron chi connectivity index (χ2n) is 15.3. The number of hydrogen-bond acceptors (Lipinski definition) is 5. The van der Waals surface area contributed by atoms with Crippen molar-refractivity contribution < 1.29 is 0 Å². The van der Waals surface area contributed by atoms with E-state index >= 15 is 0 Å². The number of benzene rings is 9. The van der Waals surface area contributed by atoms with Crippen LogP contribution in [0.1, 0.15) is 0 Å². The molecule has 0 radical (unpaired) electrons. The molecule has 58 heavy (non-hydrogen) atoms. The van der Waals surface area contributed by atoms with Gasteiger partial charge >= 0.3 is 0 Å². The number of aromatic nitrogens is 3. The summed E-state index contributed by atoms with van der Waals surface area (Å²) in [5.41, 5.74) is 7.75. The van der Waals surface area contributed by atoms with Crippen LogP contribution < -0.4 is 0 Å². The van der Waals surface area contributed by atoms with Gasteiger partial charge in [0, 0.05) is 78.0 Å². The van der Waals surface area contributed by atoms with Crippen LogP contribution in [-0.4, -0.2) is 14.5 Å². The molecular weight excluding hydrogens is 763 g/mol. The molecule has 14 aromatic rings. The van der Waals surface area contributed by atoms with Crippen molar-refractivity contribution in [2.75, 3.05) is 0 Å². The molecule has 5 heterocycles. The minimum absolute atomic E-state index is 0.743. The summed E-state index contributed by atoms with van der Waals surface area (Å²) >= 11 is 5.52. The Hall–Kier alpha value is -6.70. The highest BCUT2D eigenvalue weighted by Crippen LogP contribution is 2.47. The third-order valence-electron chi connectivity index (χ3n) is 12.1. The third-order valence-corrected chi connectivity index (χ3v) is 15.6. The van der Waals surface area contributed by atoms with Crippen LogP contribution in [0.5, 0.6) is 0 Å². The second-order valence-corrected chi connectivity index (χ2v) is 18.5. The molecule has 0 saturated carbocycles. The van der Waals surface area contributed by atoms with E-state index in [0.717, 1.165) is 43.9 Å². The fourth-order valence-corrected chi connectivity index (χ4v) is 13.0. The van der Waals surface area contributed by atoms with E-state index in [0.29, 0.717) is 0 Å². The minimum atomic E-state index is 0.743. The maximum absolute atomic E-state index is 5.40. The summed E-state index contributed by atoms with van der Waals surface area (Å²) < 4.78 is 10.0. The first-order valence-electron chi connectivity index (χ1n) is 19.5. The van der Waals surface area contributed by atoms with Crippen molar-refractivity contribution in [2.45, 2.75) is 0 Å². The summed E-state index contributed by atoms with van der Waals surface area (Å²) in [6.07, 6.45) is 0. The quantitative estimate of drug-likeness (QED) is 0.178. The van der Waals surface area contributed by atoms with Crippen LogP contribution in [0.4, 0.5) is 0 Å². The summed E-state index contributed by atoms with van der Waals surface area (Å²) in [5.74, 6) is 0.743. The molecule has 0 fully saturated rings. The van der Waals surface area contributed by atoms with Crippen molar-refractivity contribution in [3.8, 4) is 28.3 Å². The SMILES string of the molecule is c1ccc2c(c1)sc1ccc(-c3nc(-c4ccc5cc(-n6c7ccc8cccc9sc%10cccc%11ccc6c(c%11%10)c7c89)ccc5c4)nc4c3sc3ccccc34)cc12. The molecule has 0 atom stereocenters. The van der Waals surface area contributed by atoms with Crippen molar-refractivity contribution in [2.24, 2.45) is 0 Å². The standard InChI is InChI=1S/C52H27N3S3/c1-3-11-40-35(9-1)37-27-32(20-24-42(37)56-40)49-51-50(36-10-2-4-12-41(36)58-51)54-52(53-49)33-16-15-31-26-34(21-17-30(31)25-33)55-38-22-18-28-7-5-13-43-45(28)47(38)48-39(55)23-19-29-8-6-14-44(57-43)46(29)48/h1-27H. The Morgan fingerprint density at radius 2 is 0.983 bits per heavy atom. The molecule has 9 aromatic carbocycles. The largest absolute Gasteiger partial charge is 0.309 e. The van der Waals surface area contributed by atoms with Crippen LogP contribution >= 0.6 is 34.0 Å². The van der Waals surface area contributed by atoms with Crippen LogP contribution in [0, 0.1) is 0 Å². The molecule has 0 bridgehead atoms. The van der Waals surface area contributed by atoms with E-state index in [4.69, 9.17) is 9.97 Å². The molecule has 0 saturated heterocycles. The summed E-state index contributed by atoms with van der Waals surface area (Å²) in [6.45, 7) is 0. The van der Waals surface area contributed by atoms with Crippen molar-refractivity contribution in [1.29, 1.82) is 0 Å². The van der Waals surface area contributed by atoms with E-state index in [9.17, 15) is 0 Å². The first-order chi connectivity index (χ1) is 28.7. The molecule has 0 N–H and O–H groups in total. The lowest BCUT2D eigenvalue weighted by atomic mass is 10.00. The molecule has 0 aliphatic rings. The Labute approximate surface area is 342 Å². The third kappa shape index (κ3) is 4.26. The number of rotatable bonds is 3. The monoisotopic (exact) mass is 789 g/mol. The predicted octanol–water partition coefficient (Wildman–Crippen LogP) is 15.8. The molecule has 0 amide bonds. The number of fused-ring (bicyclic) bond motifs is 7. The first kappa shape index (κ1) is 31.4. The maximum atomic E-state index is 5.40. The highest BCUT2D eigenvalue weighted by molar-refractivity contribution is 7.26. The van der Waals surface area contributed by atoms with Crippen molar-refractivity contribution in [3.63, 3.8) is 0 Å². The zero-order valence-corrected chi connectivity index (χ0v) is 33.1. The molecule has 6 heteroatoms. The number of thiophene rings is 2. The van der Waals surface area contributed by atoms with Crippen LogP contribution in [-0.2, 0) is 0 Å². The maximum Gasteiger partial charge on any atom is 0.160 e.